The van der Waals surface area contributed by atoms with Crippen LogP contribution in [0.15, 0.2) is 0 Å². The molecule has 58 heavy (non-hydrogen) atoms. The Hall–Kier alpha value is -1.06. The van der Waals surface area contributed by atoms with E-state index in [0.717, 1.165) is 38.5 Å². The SMILES string of the molecule is CC(CCC(COC(=O)CC(C)CC(C)(C)C)C(C)CC(C)(C)C)CC(C)(C)C.CC(CCOC(=O)C(CCC(C)CC(C)(C)C)C(C)CC(C)(C)C)CC(C)(C)C. The first-order valence-electron chi connectivity index (χ1n) is 24.1. The molecule has 8 atom stereocenters. The lowest BCUT2D eigenvalue weighted by Gasteiger charge is -2.31. The summed E-state index contributed by atoms with van der Waals surface area (Å²) in [5.74, 6) is 3.73. The highest BCUT2D eigenvalue weighted by molar-refractivity contribution is 5.72. The van der Waals surface area contributed by atoms with Gasteiger partial charge in [0.1, 0.15) is 0 Å². The minimum atomic E-state index is -0.0163. The van der Waals surface area contributed by atoms with Crippen molar-refractivity contribution in [2.75, 3.05) is 13.2 Å². The second kappa shape index (κ2) is 25.8. The van der Waals surface area contributed by atoms with Gasteiger partial charge in [-0.15, -0.1) is 0 Å². The molecule has 0 aliphatic carbocycles. The van der Waals surface area contributed by atoms with Crippen molar-refractivity contribution >= 4 is 11.9 Å². The molecule has 0 aromatic rings. The summed E-state index contributed by atoms with van der Waals surface area (Å²) in [5, 5.41) is 0. The molecule has 0 bridgehead atoms. The van der Waals surface area contributed by atoms with Gasteiger partial charge in [-0.05, 0) is 138 Å². The maximum Gasteiger partial charge on any atom is 0.309 e. The van der Waals surface area contributed by atoms with E-state index in [1.165, 1.54) is 32.1 Å². The zero-order valence-electron chi connectivity index (χ0n) is 44.2. The highest BCUT2D eigenvalue weighted by Crippen LogP contribution is 2.36. The molecule has 0 radical (unpaired) electrons. The summed E-state index contributed by atoms with van der Waals surface area (Å²) in [6, 6.07) is 0. The maximum absolute atomic E-state index is 13.0. The van der Waals surface area contributed by atoms with Crippen molar-refractivity contribution in [1.29, 1.82) is 0 Å². The lowest BCUT2D eigenvalue weighted by Crippen LogP contribution is -2.28. The summed E-state index contributed by atoms with van der Waals surface area (Å²) in [4.78, 5) is 25.5. The minimum Gasteiger partial charge on any atom is -0.465 e. The molecule has 0 aliphatic heterocycles. The summed E-state index contributed by atoms with van der Waals surface area (Å²) < 4.78 is 11.6. The second-order valence-corrected chi connectivity index (χ2v) is 27.3. The van der Waals surface area contributed by atoms with Gasteiger partial charge >= 0.3 is 11.9 Å². The van der Waals surface area contributed by atoms with Crippen LogP contribution in [-0.2, 0) is 19.1 Å². The molecule has 4 nitrogen and oxygen atoms in total. The van der Waals surface area contributed by atoms with E-state index >= 15 is 0 Å². The Labute approximate surface area is 366 Å². The predicted octanol–water partition coefficient (Wildman–Crippen LogP) is 17.1. The van der Waals surface area contributed by atoms with Gasteiger partial charge in [0.25, 0.3) is 0 Å². The van der Waals surface area contributed by atoms with Gasteiger partial charge in [-0.25, -0.2) is 0 Å². The molecule has 348 valence electrons. The van der Waals surface area contributed by atoms with Crippen LogP contribution in [-0.4, -0.2) is 25.2 Å². The Morgan fingerprint density at radius 2 is 0.741 bits per heavy atom. The zero-order valence-corrected chi connectivity index (χ0v) is 44.2. The lowest BCUT2D eigenvalue weighted by molar-refractivity contribution is -0.151. The van der Waals surface area contributed by atoms with Gasteiger partial charge in [0.05, 0.1) is 19.1 Å². The van der Waals surface area contributed by atoms with Crippen molar-refractivity contribution in [2.45, 2.75) is 243 Å². The average Bonchev–Trinajstić information content (AvgIpc) is 2.91. The molecular weight excluding hydrogens is 713 g/mol. The normalized spacial score (nSPS) is 17.5. The standard InChI is InChI=1S/2C27H54O2/c1-20(16-25(4,5)6)13-14-23(22(3)18-27(10,11)12)19-29-24(28)15-21(2)17-26(7,8)9;1-20(17-25(4,5)6)13-14-23(22(3)19-27(10,11)12)24(28)29-16-15-21(2)18-26(7,8)9/h2*20-23H,13-19H2,1-12H3. The average molecular weight is 821 g/mol. The monoisotopic (exact) mass is 821 g/mol. The zero-order chi connectivity index (χ0) is 46.1. The van der Waals surface area contributed by atoms with E-state index in [1.807, 2.05) is 0 Å². The summed E-state index contributed by atoms with van der Waals surface area (Å²) in [6.07, 6.45) is 12.8. The minimum absolute atomic E-state index is 0.0163. The molecule has 0 spiro atoms. The Morgan fingerprint density at radius 3 is 1.14 bits per heavy atom. The Bertz CT molecular complexity index is 1090. The summed E-state index contributed by atoms with van der Waals surface area (Å²) in [6.45, 7) is 56.0. The van der Waals surface area contributed by atoms with E-state index in [0.29, 0.717) is 82.7 Å². The molecule has 0 aromatic heterocycles. The van der Waals surface area contributed by atoms with Crippen LogP contribution >= 0.6 is 0 Å². The summed E-state index contributed by atoms with van der Waals surface area (Å²) >= 11 is 0. The van der Waals surface area contributed by atoms with Crippen molar-refractivity contribution in [3.05, 3.63) is 0 Å². The third-order valence-electron chi connectivity index (χ3n) is 11.3. The van der Waals surface area contributed by atoms with Crippen molar-refractivity contribution in [3.8, 4) is 0 Å². The Kier molecular flexibility index (Phi) is 26.2. The van der Waals surface area contributed by atoms with Crippen LogP contribution in [0.25, 0.3) is 0 Å². The quantitative estimate of drug-likeness (QED) is 0.102. The van der Waals surface area contributed by atoms with E-state index in [1.54, 1.807) is 0 Å². The number of carbonyl (C=O) groups is 2. The predicted molar refractivity (Wildman–Crippen MR) is 256 cm³/mol. The first-order chi connectivity index (χ1) is 25.8. The number of carbonyl (C=O) groups excluding carboxylic acids is 2. The molecule has 4 heteroatoms. The topological polar surface area (TPSA) is 52.6 Å². The Balaban J connectivity index is 0. The van der Waals surface area contributed by atoms with Crippen molar-refractivity contribution in [2.24, 2.45) is 79.8 Å². The largest absolute Gasteiger partial charge is 0.465 e. The fourth-order valence-electron chi connectivity index (χ4n) is 9.94. The third-order valence-corrected chi connectivity index (χ3v) is 11.3. The second-order valence-electron chi connectivity index (χ2n) is 27.3. The molecule has 0 rings (SSSR count). The molecule has 0 amide bonds. The van der Waals surface area contributed by atoms with Gasteiger partial charge < -0.3 is 9.47 Å². The number of hydrogen-bond donors (Lipinski definition) is 0. The van der Waals surface area contributed by atoms with Crippen molar-refractivity contribution < 1.29 is 19.1 Å². The fraction of sp³-hybridized carbons (Fsp3) is 0.963. The fourth-order valence-corrected chi connectivity index (χ4v) is 9.94. The molecule has 0 saturated carbocycles. The van der Waals surface area contributed by atoms with E-state index in [2.05, 4.69) is 166 Å². The number of rotatable bonds is 22. The first-order valence-corrected chi connectivity index (χ1v) is 24.1. The van der Waals surface area contributed by atoms with E-state index < -0.39 is 0 Å². The van der Waals surface area contributed by atoms with Gasteiger partial charge in [0.15, 0.2) is 0 Å². The van der Waals surface area contributed by atoms with Crippen molar-refractivity contribution in [3.63, 3.8) is 0 Å². The van der Waals surface area contributed by atoms with Gasteiger partial charge in [-0.3, -0.25) is 9.59 Å². The van der Waals surface area contributed by atoms with Crippen LogP contribution in [0, 0.1) is 79.8 Å². The smallest absolute Gasteiger partial charge is 0.309 e. The number of hydrogen-bond acceptors (Lipinski definition) is 4. The van der Waals surface area contributed by atoms with Crippen LogP contribution in [0.3, 0.4) is 0 Å². The van der Waals surface area contributed by atoms with Gasteiger partial charge in [0.2, 0.25) is 0 Å². The van der Waals surface area contributed by atoms with E-state index in [-0.39, 0.29) is 28.7 Å². The van der Waals surface area contributed by atoms with Crippen LogP contribution in [0.4, 0.5) is 0 Å². The first kappa shape index (κ1) is 59.0. The highest BCUT2D eigenvalue weighted by atomic mass is 16.5. The molecule has 0 heterocycles. The van der Waals surface area contributed by atoms with E-state index in [9.17, 15) is 9.59 Å². The lowest BCUT2D eigenvalue weighted by atomic mass is 9.76. The number of esters is 2. The van der Waals surface area contributed by atoms with Crippen molar-refractivity contribution in [1.82, 2.24) is 0 Å². The highest BCUT2D eigenvalue weighted by Gasteiger charge is 2.31. The maximum atomic E-state index is 13.0. The van der Waals surface area contributed by atoms with E-state index in [4.69, 9.17) is 9.47 Å². The summed E-state index contributed by atoms with van der Waals surface area (Å²) in [7, 11) is 0. The molecular formula is C54H108O4. The molecule has 0 fully saturated rings. The molecule has 0 aromatic carbocycles. The molecule has 0 aliphatic rings. The summed E-state index contributed by atoms with van der Waals surface area (Å²) in [5.41, 5.74) is 1.84. The van der Waals surface area contributed by atoms with Gasteiger partial charge in [0, 0.05) is 6.42 Å². The number of ether oxygens (including phenoxy) is 2. The van der Waals surface area contributed by atoms with Gasteiger partial charge in [-0.2, -0.15) is 0 Å². The molecule has 0 saturated heterocycles. The van der Waals surface area contributed by atoms with Gasteiger partial charge in [-0.1, -0.05) is 173 Å². The van der Waals surface area contributed by atoms with Crippen LogP contribution in [0.5, 0.6) is 0 Å². The molecule has 0 N–H and O–H groups in total. The van der Waals surface area contributed by atoms with Crippen LogP contribution in [0.1, 0.15) is 243 Å². The van der Waals surface area contributed by atoms with Crippen LogP contribution in [0.2, 0.25) is 0 Å². The van der Waals surface area contributed by atoms with Crippen LogP contribution < -0.4 is 0 Å². The third kappa shape index (κ3) is 36.8. The molecule has 8 unspecified atom stereocenters. The Morgan fingerprint density at radius 1 is 0.397 bits per heavy atom.